The Hall–Kier alpha value is -2.87. The van der Waals surface area contributed by atoms with Gasteiger partial charge in [0.15, 0.2) is 0 Å². The van der Waals surface area contributed by atoms with Gasteiger partial charge in [0.1, 0.15) is 11.6 Å². The van der Waals surface area contributed by atoms with E-state index in [2.05, 4.69) is 25.5 Å². The molecule has 3 rings (SSSR count). The molecule has 0 bridgehead atoms. The summed E-state index contributed by atoms with van der Waals surface area (Å²) < 4.78 is 10.7. The van der Waals surface area contributed by atoms with Crippen molar-refractivity contribution in [3.05, 3.63) is 41.6 Å². The maximum atomic E-state index is 12.2. The van der Waals surface area contributed by atoms with Gasteiger partial charge < -0.3 is 25.0 Å². The molecular formula is C20H27N5O3. The Bertz CT molecular complexity index is 793. The highest BCUT2D eigenvalue weighted by Crippen LogP contribution is 2.18. The lowest BCUT2D eigenvalue weighted by Gasteiger charge is -2.28. The summed E-state index contributed by atoms with van der Waals surface area (Å²) in [5.41, 5.74) is 1.77. The third-order valence-electron chi connectivity index (χ3n) is 4.45. The number of carbonyl (C=O) groups is 1. The molecule has 1 fully saturated rings. The molecule has 1 aromatic heterocycles. The number of aromatic nitrogens is 2. The van der Waals surface area contributed by atoms with Crippen molar-refractivity contribution in [2.45, 2.75) is 13.3 Å². The van der Waals surface area contributed by atoms with Gasteiger partial charge >= 0.3 is 0 Å². The van der Waals surface area contributed by atoms with Crippen molar-refractivity contribution in [3.63, 3.8) is 0 Å². The number of hydrogen-bond donors (Lipinski definition) is 2. The second-order valence-corrected chi connectivity index (χ2v) is 6.56. The van der Waals surface area contributed by atoms with Gasteiger partial charge in [-0.15, -0.1) is 0 Å². The maximum absolute atomic E-state index is 12.2. The predicted molar refractivity (Wildman–Crippen MR) is 108 cm³/mol. The van der Waals surface area contributed by atoms with Gasteiger partial charge in [0, 0.05) is 43.5 Å². The summed E-state index contributed by atoms with van der Waals surface area (Å²) in [4.78, 5) is 23.4. The van der Waals surface area contributed by atoms with Gasteiger partial charge in [0.25, 0.3) is 0 Å². The summed E-state index contributed by atoms with van der Waals surface area (Å²) in [5, 5.41) is 6.09. The number of rotatable bonds is 8. The molecule has 0 radical (unpaired) electrons. The molecule has 1 aliphatic heterocycles. The number of amides is 1. The first-order chi connectivity index (χ1) is 13.7. The molecule has 0 spiro atoms. The van der Waals surface area contributed by atoms with Gasteiger partial charge in [-0.25, -0.2) is 4.98 Å². The van der Waals surface area contributed by atoms with Gasteiger partial charge in [-0.1, -0.05) is 18.2 Å². The summed E-state index contributed by atoms with van der Waals surface area (Å²) in [6, 6.07) is 9.51. The molecule has 0 atom stereocenters. The van der Waals surface area contributed by atoms with E-state index in [1.807, 2.05) is 37.3 Å². The smallest absolute Gasteiger partial charge is 0.224 e. The van der Waals surface area contributed by atoms with Crippen LogP contribution in [0.2, 0.25) is 0 Å². The molecule has 2 aromatic rings. The summed E-state index contributed by atoms with van der Waals surface area (Å²) >= 11 is 0. The van der Waals surface area contributed by atoms with E-state index in [9.17, 15) is 4.79 Å². The Labute approximate surface area is 165 Å². The Kier molecular flexibility index (Phi) is 7.02. The molecule has 1 amide bonds. The van der Waals surface area contributed by atoms with E-state index < -0.39 is 0 Å². The highest BCUT2D eigenvalue weighted by Gasteiger charge is 2.14. The third kappa shape index (κ3) is 5.56. The van der Waals surface area contributed by atoms with Crippen molar-refractivity contribution in [3.8, 4) is 5.75 Å². The van der Waals surface area contributed by atoms with Crippen molar-refractivity contribution in [1.82, 2.24) is 15.3 Å². The van der Waals surface area contributed by atoms with Crippen LogP contribution in [0.4, 0.5) is 11.8 Å². The zero-order valence-corrected chi connectivity index (χ0v) is 16.4. The standard InChI is InChI=1S/C20H27N5O3/c1-15-13-18(25-9-11-28-12-10-25)24-20(23-15)22-8-7-21-19(26)14-16-5-3-4-6-17(16)27-2/h3-6,13H,7-12,14H2,1-2H3,(H,21,26)(H,22,23,24). The molecule has 2 N–H and O–H groups in total. The van der Waals surface area contributed by atoms with Crippen LogP contribution in [0.1, 0.15) is 11.3 Å². The van der Waals surface area contributed by atoms with Crippen LogP contribution in [-0.4, -0.2) is 62.4 Å². The van der Waals surface area contributed by atoms with E-state index in [0.717, 1.165) is 35.9 Å². The second-order valence-electron chi connectivity index (χ2n) is 6.56. The van der Waals surface area contributed by atoms with E-state index in [0.29, 0.717) is 32.3 Å². The van der Waals surface area contributed by atoms with Gasteiger partial charge in [-0.2, -0.15) is 4.98 Å². The van der Waals surface area contributed by atoms with Crippen molar-refractivity contribution < 1.29 is 14.3 Å². The van der Waals surface area contributed by atoms with Crippen LogP contribution in [0.15, 0.2) is 30.3 Å². The number of hydrogen-bond acceptors (Lipinski definition) is 7. The summed E-state index contributed by atoms with van der Waals surface area (Å²) in [6.07, 6.45) is 0.284. The maximum Gasteiger partial charge on any atom is 0.224 e. The lowest BCUT2D eigenvalue weighted by molar-refractivity contribution is -0.120. The highest BCUT2D eigenvalue weighted by molar-refractivity contribution is 5.79. The monoisotopic (exact) mass is 385 g/mol. The molecule has 0 aliphatic carbocycles. The molecule has 0 unspecified atom stereocenters. The Morgan fingerprint density at radius 2 is 2.00 bits per heavy atom. The molecule has 28 heavy (non-hydrogen) atoms. The van der Waals surface area contributed by atoms with Gasteiger partial charge in [0.05, 0.1) is 26.7 Å². The Balaban J connectivity index is 1.47. The summed E-state index contributed by atoms with van der Waals surface area (Å²) in [5.74, 6) is 2.14. The molecule has 1 aliphatic rings. The summed E-state index contributed by atoms with van der Waals surface area (Å²) in [7, 11) is 1.60. The minimum absolute atomic E-state index is 0.0505. The molecule has 1 aromatic carbocycles. The van der Waals surface area contributed by atoms with E-state index in [-0.39, 0.29) is 12.3 Å². The van der Waals surface area contributed by atoms with E-state index in [1.54, 1.807) is 7.11 Å². The number of nitrogens with zero attached hydrogens (tertiary/aromatic N) is 3. The highest BCUT2D eigenvalue weighted by atomic mass is 16.5. The van der Waals surface area contributed by atoms with E-state index >= 15 is 0 Å². The molecule has 150 valence electrons. The third-order valence-corrected chi connectivity index (χ3v) is 4.45. The number of benzene rings is 1. The predicted octanol–water partition coefficient (Wildman–Crippen LogP) is 1.40. The average Bonchev–Trinajstić information content (AvgIpc) is 2.72. The largest absolute Gasteiger partial charge is 0.496 e. The molecular weight excluding hydrogens is 358 g/mol. The SMILES string of the molecule is COc1ccccc1CC(=O)NCCNc1nc(C)cc(N2CCOCC2)n1. The fraction of sp³-hybridized carbons (Fsp3) is 0.450. The van der Waals surface area contributed by atoms with Crippen LogP contribution in [0.3, 0.4) is 0 Å². The number of methoxy groups -OCH3 is 1. The number of morpholine rings is 1. The van der Waals surface area contributed by atoms with Gasteiger partial charge in [-0.3, -0.25) is 4.79 Å². The topological polar surface area (TPSA) is 88.6 Å². The van der Waals surface area contributed by atoms with Gasteiger partial charge in [-0.05, 0) is 13.0 Å². The van der Waals surface area contributed by atoms with E-state index in [1.165, 1.54) is 0 Å². The van der Waals surface area contributed by atoms with Crippen LogP contribution in [0, 0.1) is 6.92 Å². The summed E-state index contributed by atoms with van der Waals surface area (Å²) in [6.45, 7) is 6.06. The fourth-order valence-electron chi connectivity index (χ4n) is 3.05. The molecule has 0 saturated carbocycles. The van der Waals surface area contributed by atoms with Crippen molar-refractivity contribution in [2.24, 2.45) is 0 Å². The van der Waals surface area contributed by atoms with Crippen LogP contribution < -0.4 is 20.3 Å². The Morgan fingerprint density at radius 1 is 1.21 bits per heavy atom. The zero-order valence-electron chi connectivity index (χ0n) is 16.4. The molecule has 1 saturated heterocycles. The number of carbonyl (C=O) groups excluding carboxylic acids is 1. The second kappa shape index (κ2) is 9.89. The van der Waals surface area contributed by atoms with Crippen molar-refractivity contribution in [1.29, 1.82) is 0 Å². The fourth-order valence-corrected chi connectivity index (χ4v) is 3.05. The number of para-hydroxylation sites is 1. The first-order valence-electron chi connectivity index (χ1n) is 9.46. The molecule has 8 nitrogen and oxygen atoms in total. The number of ether oxygens (including phenoxy) is 2. The van der Waals surface area contributed by atoms with Crippen molar-refractivity contribution >= 4 is 17.7 Å². The minimum Gasteiger partial charge on any atom is -0.496 e. The van der Waals surface area contributed by atoms with Crippen LogP contribution in [-0.2, 0) is 16.0 Å². The number of aryl methyl sites for hydroxylation is 1. The normalized spacial score (nSPS) is 13.9. The van der Waals surface area contributed by atoms with Crippen LogP contribution in [0.5, 0.6) is 5.75 Å². The van der Waals surface area contributed by atoms with Crippen molar-refractivity contribution in [2.75, 3.05) is 56.7 Å². The number of nitrogens with one attached hydrogen (secondary N) is 2. The lowest BCUT2D eigenvalue weighted by atomic mass is 10.1. The molecule has 8 heteroatoms. The first-order valence-corrected chi connectivity index (χ1v) is 9.46. The zero-order chi connectivity index (χ0) is 19.8. The Morgan fingerprint density at radius 3 is 2.79 bits per heavy atom. The number of anilines is 2. The minimum atomic E-state index is -0.0505. The quantitative estimate of drug-likeness (QED) is 0.664. The van der Waals surface area contributed by atoms with E-state index in [4.69, 9.17) is 9.47 Å². The lowest BCUT2D eigenvalue weighted by Crippen LogP contribution is -2.37. The molecule has 2 heterocycles. The first kappa shape index (κ1) is 19.9. The van der Waals surface area contributed by atoms with Gasteiger partial charge in [0.2, 0.25) is 11.9 Å². The van der Waals surface area contributed by atoms with Crippen LogP contribution >= 0.6 is 0 Å². The van der Waals surface area contributed by atoms with Crippen LogP contribution in [0.25, 0.3) is 0 Å². The average molecular weight is 385 g/mol.